The van der Waals surface area contributed by atoms with Crippen LogP contribution in [0.25, 0.3) is 11.3 Å². The third-order valence-electron chi connectivity index (χ3n) is 4.47. The Balaban J connectivity index is 1.95. The molecule has 26 heavy (non-hydrogen) atoms. The van der Waals surface area contributed by atoms with E-state index in [0.717, 1.165) is 6.07 Å². The van der Waals surface area contributed by atoms with Crippen molar-refractivity contribution in [1.82, 2.24) is 9.88 Å². The number of aromatic nitrogens is 1. The van der Waals surface area contributed by atoms with Crippen molar-refractivity contribution in [3.05, 3.63) is 47.7 Å². The number of rotatable bonds is 4. The van der Waals surface area contributed by atoms with Crippen LogP contribution in [0.4, 0.5) is 13.2 Å². The number of hydrogen-bond donors (Lipinski definition) is 1. The van der Waals surface area contributed by atoms with Gasteiger partial charge in [0.25, 0.3) is 0 Å². The number of ether oxygens (including phenoxy) is 1. The minimum Gasteiger partial charge on any atom is -0.490 e. The van der Waals surface area contributed by atoms with E-state index in [-0.39, 0.29) is 47.2 Å². The van der Waals surface area contributed by atoms with Gasteiger partial charge in [0.05, 0.1) is 18.4 Å². The number of hydrogen-bond acceptors (Lipinski definition) is 4. The van der Waals surface area contributed by atoms with Crippen LogP contribution in [0.2, 0.25) is 0 Å². The van der Waals surface area contributed by atoms with E-state index in [9.17, 15) is 23.1 Å². The minimum atomic E-state index is -4.91. The highest BCUT2D eigenvalue weighted by Crippen LogP contribution is 2.54. The second-order valence-electron chi connectivity index (χ2n) is 6.11. The van der Waals surface area contributed by atoms with Gasteiger partial charge in [-0.25, -0.2) is 0 Å². The van der Waals surface area contributed by atoms with Crippen LogP contribution in [0.3, 0.4) is 0 Å². The molecule has 1 N–H and O–H groups in total. The largest absolute Gasteiger partial charge is 0.490 e. The molecular formula is C18H17F3N2O3. The molecule has 3 rings (SSSR count). The highest BCUT2D eigenvalue weighted by molar-refractivity contribution is 5.78. The third-order valence-corrected chi connectivity index (χ3v) is 4.47. The van der Waals surface area contributed by atoms with Crippen LogP contribution in [0.15, 0.2) is 36.5 Å². The van der Waals surface area contributed by atoms with Crippen molar-refractivity contribution < 1.29 is 27.8 Å². The van der Waals surface area contributed by atoms with Crippen LogP contribution >= 0.6 is 0 Å². The molecule has 1 aliphatic rings. The van der Waals surface area contributed by atoms with Crippen LogP contribution in [0, 0.1) is 0 Å². The lowest BCUT2D eigenvalue weighted by Crippen LogP contribution is -2.41. The van der Waals surface area contributed by atoms with E-state index in [1.807, 2.05) is 0 Å². The molecule has 2 aromatic rings. The maximum Gasteiger partial charge on any atom is 0.425 e. The van der Waals surface area contributed by atoms with Gasteiger partial charge in [0.1, 0.15) is 12.4 Å². The third kappa shape index (κ3) is 2.80. The number of halogens is 3. The van der Waals surface area contributed by atoms with Gasteiger partial charge in [0, 0.05) is 30.7 Å². The smallest absolute Gasteiger partial charge is 0.425 e. The number of fused-ring (bicyclic) bond motifs is 3. The zero-order chi connectivity index (χ0) is 19.1. The number of benzene rings is 1. The van der Waals surface area contributed by atoms with Gasteiger partial charge in [0.15, 0.2) is 0 Å². The van der Waals surface area contributed by atoms with Crippen molar-refractivity contribution in [2.75, 3.05) is 20.2 Å². The summed E-state index contributed by atoms with van der Waals surface area (Å²) in [6.07, 6.45) is -3.60. The Morgan fingerprint density at radius 1 is 1.31 bits per heavy atom. The number of amides is 1. The maximum absolute atomic E-state index is 13.7. The van der Waals surface area contributed by atoms with E-state index < -0.39 is 11.8 Å². The fourth-order valence-corrected chi connectivity index (χ4v) is 2.93. The highest BCUT2D eigenvalue weighted by Gasteiger charge is 2.61. The van der Waals surface area contributed by atoms with Crippen molar-refractivity contribution in [3.8, 4) is 17.0 Å². The van der Waals surface area contributed by atoms with Gasteiger partial charge < -0.3 is 14.7 Å². The Morgan fingerprint density at radius 3 is 2.65 bits per heavy atom. The summed E-state index contributed by atoms with van der Waals surface area (Å²) >= 11 is 0. The van der Waals surface area contributed by atoms with Crippen LogP contribution in [-0.2, 0) is 10.4 Å². The van der Waals surface area contributed by atoms with Crippen LogP contribution in [0.1, 0.15) is 18.1 Å². The average Bonchev–Trinajstić information content (AvgIpc) is 2.85. The summed E-state index contributed by atoms with van der Waals surface area (Å²) in [5.41, 5.74) is -3.42. The fraction of sp³-hybridized carbons (Fsp3) is 0.333. The molecule has 8 heteroatoms. The summed E-state index contributed by atoms with van der Waals surface area (Å²) in [6.45, 7) is 1.77. The molecule has 0 aliphatic heterocycles. The predicted octanol–water partition coefficient (Wildman–Crippen LogP) is 2.72. The van der Waals surface area contributed by atoms with Gasteiger partial charge in [-0.3, -0.25) is 9.78 Å². The number of nitrogens with zero attached hydrogens (tertiary/aromatic N) is 2. The van der Waals surface area contributed by atoms with Crippen molar-refractivity contribution in [3.63, 3.8) is 0 Å². The van der Waals surface area contributed by atoms with Gasteiger partial charge >= 0.3 is 6.18 Å². The van der Waals surface area contributed by atoms with Crippen molar-refractivity contribution >= 4 is 5.91 Å². The molecule has 138 valence electrons. The van der Waals surface area contributed by atoms with Crippen molar-refractivity contribution in [1.29, 1.82) is 0 Å². The number of pyridine rings is 1. The van der Waals surface area contributed by atoms with Gasteiger partial charge in [-0.2, -0.15) is 13.2 Å². The van der Waals surface area contributed by atoms with Gasteiger partial charge in [-0.05, 0) is 6.07 Å². The predicted molar refractivity (Wildman–Crippen MR) is 87.5 cm³/mol. The number of likely N-dealkylation sites (N-methyl/N-ethyl adjacent to an activating group) is 1. The van der Waals surface area contributed by atoms with Crippen molar-refractivity contribution in [2.24, 2.45) is 0 Å². The Kier molecular flexibility index (Phi) is 4.39. The first kappa shape index (κ1) is 18.2. The first-order chi connectivity index (χ1) is 12.2. The molecule has 0 spiro atoms. The molecule has 1 unspecified atom stereocenters. The summed E-state index contributed by atoms with van der Waals surface area (Å²) in [6, 6.07) is 6.93. The summed E-state index contributed by atoms with van der Waals surface area (Å²) in [4.78, 5) is 16.7. The number of carbonyl (C=O) groups is 1. The topological polar surface area (TPSA) is 62.7 Å². The van der Waals surface area contributed by atoms with E-state index in [0.29, 0.717) is 0 Å². The highest BCUT2D eigenvalue weighted by atomic mass is 19.4. The molecule has 0 bridgehead atoms. The van der Waals surface area contributed by atoms with E-state index >= 15 is 0 Å². The normalized spacial score (nSPS) is 18.2. The zero-order valence-corrected chi connectivity index (χ0v) is 14.2. The maximum atomic E-state index is 13.7. The molecule has 0 saturated carbocycles. The van der Waals surface area contributed by atoms with Gasteiger partial charge in [0.2, 0.25) is 11.5 Å². The van der Waals surface area contributed by atoms with Crippen molar-refractivity contribution in [2.45, 2.75) is 18.7 Å². The van der Waals surface area contributed by atoms with E-state index in [4.69, 9.17) is 4.74 Å². The number of aliphatic hydroxyl groups is 1. The fourth-order valence-electron chi connectivity index (χ4n) is 2.93. The SMILES string of the molecule is CC(=O)N(C)CCOc1cnc2c(c1)C(O)(C(F)(F)F)c1ccccc1-2. The van der Waals surface area contributed by atoms with Crippen LogP contribution in [0.5, 0.6) is 5.75 Å². The van der Waals surface area contributed by atoms with Gasteiger partial charge in [-0.15, -0.1) is 0 Å². The molecule has 1 atom stereocenters. The number of alkyl halides is 3. The Morgan fingerprint density at radius 2 is 2.00 bits per heavy atom. The second kappa shape index (κ2) is 6.28. The minimum absolute atomic E-state index is 0.0774. The molecule has 1 amide bonds. The summed E-state index contributed by atoms with van der Waals surface area (Å²) in [7, 11) is 1.59. The Hall–Kier alpha value is -2.61. The van der Waals surface area contributed by atoms with Gasteiger partial charge in [-0.1, -0.05) is 24.3 Å². The molecule has 1 aromatic carbocycles. The lowest BCUT2D eigenvalue weighted by molar-refractivity contribution is -0.246. The average molecular weight is 366 g/mol. The van der Waals surface area contributed by atoms with E-state index in [1.165, 1.54) is 36.2 Å². The van der Waals surface area contributed by atoms with Crippen LogP contribution < -0.4 is 4.74 Å². The Labute approximate surface area is 148 Å². The number of carbonyl (C=O) groups excluding carboxylic acids is 1. The molecule has 5 nitrogen and oxygen atoms in total. The summed E-state index contributed by atoms with van der Waals surface area (Å²) in [5.74, 6) is -0.0567. The first-order valence-electron chi connectivity index (χ1n) is 7.90. The molecule has 1 aromatic heterocycles. The molecule has 0 fully saturated rings. The monoisotopic (exact) mass is 366 g/mol. The van der Waals surface area contributed by atoms with E-state index in [2.05, 4.69) is 4.98 Å². The lowest BCUT2D eigenvalue weighted by atomic mass is 9.91. The lowest BCUT2D eigenvalue weighted by Gasteiger charge is -2.28. The molecule has 1 heterocycles. The summed E-state index contributed by atoms with van der Waals surface area (Å²) in [5, 5.41) is 10.6. The zero-order valence-electron chi connectivity index (χ0n) is 14.2. The molecule has 1 aliphatic carbocycles. The molecular weight excluding hydrogens is 349 g/mol. The standard InChI is InChI=1S/C18H17F3N2O3/c1-11(24)23(2)7-8-26-12-9-15-16(22-10-12)13-5-3-4-6-14(13)17(15,25)18(19,20)21/h3-6,9-10,25H,7-8H2,1-2H3. The second-order valence-corrected chi connectivity index (χ2v) is 6.11. The Bertz CT molecular complexity index is 854. The van der Waals surface area contributed by atoms with E-state index in [1.54, 1.807) is 13.1 Å². The quantitative estimate of drug-likeness (QED) is 0.904. The summed E-state index contributed by atoms with van der Waals surface area (Å²) < 4.78 is 46.6. The molecule has 0 saturated heterocycles. The van der Waals surface area contributed by atoms with Crippen LogP contribution in [-0.4, -0.2) is 47.3 Å². The molecule has 0 radical (unpaired) electrons. The first-order valence-corrected chi connectivity index (χ1v) is 7.90.